The fraction of sp³-hybridized carbons (Fsp3) is 0.188. The van der Waals surface area contributed by atoms with Crippen LogP contribution < -0.4 is 5.32 Å². The Kier molecular flexibility index (Phi) is 5.27. The number of aromatic nitrogens is 1. The molecule has 1 atom stereocenters. The number of halogens is 1. The van der Waals surface area contributed by atoms with E-state index in [1.807, 2.05) is 24.3 Å². The van der Waals surface area contributed by atoms with E-state index in [1.165, 1.54) is 7.11 Å². The van der Waals surface area contributed by atoms with Gasteiger partial charge in [0.05, 0.1) is 18.2 Å². The van der Waals surface area contributed by atoms with Gasteiger partial charge in [-0.1, -0.05) is 40.7 Å². The molecule has 114 valence electrons. The van der Waals surface area contributed by atoms with E-state index in [0.717, 1.165) is 10.9 Å². The topological polar surface area (TPSA) is 68.3 Å². The molecule has 6 heteroatoms. The zero-order chi connectivity index (χ0) is 16.1. The van der Waals surface area contributed by atoms with E-state index < -0.39 is 12.0 Å². The summed E-state index contributed by atoms with van der Waals surface area (Å²) in [5, 5.41) is 3.40. The molecule has 1 aromatic heterocycles. The molecule has 0 saturated heterocycles. The number of hydrogen-bond acceptors (Lipinski definition) is 4. The van der Waals surface area contributed by atoms with Crippen LogP contribution in [0.5, 0.6) is 0 Å². The molecule has 1 N–H and O–H groups in total. The van der Waals surface area contributed by atoms with Gasteiger partial charge >= 0.3 is 5.97 Å². The Morgan fingerprint density at radius 3 is 2.77 bits per heavy atom. The number of nitrogens with zero attached hydrogens (tertiary/aromatic N) is 1. The van der Waals surface area contributed by atoms with Crippen molar-refractivity contribution in [3.8, 4) is 0 Å². The van der Waals surface area contributed by atoms with Gasteiger partial charge in [0.15, 0.2) is 0 Å². The molecule has 0 bridgehead atoms. The third-order valence-corrected chi connectivity index (χ3v) is 3.43. The Balaban J connectivity index is 2.29. The number of pyridine rings is 1. The van der Waals surface area contributed by atoms with Gasteiger partial charge in [0.2, 0.25) is 0 Å². The lowest BCUT2D eigenvalue weighted by Gasteiger charge is -2.16. The van der Waals surface area contributed by atoms with E-state index in [0.29, 0.717) is 10.0 Å². The highest BCUT2D eigenvalue weighted by Crippen LogP contribution is 2.17. The number of benzene rings is 1. The Morgan fingerprint density at radius 1 is 1.36 bits per heavy atom. The van der Waals surface area contributed by atoms with Gasteiger partial charge in [-0.3, -0.25) is 9.78 Å². The Hall–Kier alpha value is -2.21. The second-order valence-corrected chi connectivity index (χ2v) is 5.77. The summed E-state index contributed by atoms with van der Waals surface area (Å²) in [6.45, 7) is 3.69. The van der Waals surface area contributed by atoms with Crippen LogP contribution in [0.2, 0.25) is 0 Å². The lowest BCUT2D eigenvalue weighted by Crippen LogP contribution is -2.41. The van der Waals surface area contributed by atoms with Gasteiger partial charge in [-0.15, -0.1) is 0 Å². The Morgan fingerprint density at radius 2 is 2.09 bits per heavy atom. The number of rotatable bonds is 5. The molecule has 0 saturated carbocycles. The van der Waals surface area contributed by atoms with Crippen LogP contribution in [-0.4, -0.2) is 30.0 Å². The molecule has 0 aliphatic heterocycles. The summed E-state index contributed by atoms with van der Waals surface area (Å²) in [5.41, 5.74) is 1.18. The van der Waals surface area contributed by atoms with Crippen molar-refractivity contribution in [1.29, 1.82) is 0 Å². The maximum absolute atomic E-state index is 12.5. The van der Waals surface area contributed by atoms with Crippen LogP contribution in [0.25, 0.3) is 10.9 Å². The van der Waals surface area contributed by atoms with E-state index in [2.05, 4.69) is 32.8 Å². The van der Waals surface area contributed by atoms with E-state index in [9.17, 15) is 9.59 Å². The van der Waals surface area contributed by atoms with Crippen molar-refractivity contribution in [3.05, 3.63) is 53.2 Å². The molecule has 1 amide bonds. The van der Waals surface area contributed by atoms with Crippen molar-refractivity contribution < 1.29 is 14.3 Å². The number of nitrogens with one attached hydrogen (secondary N) is 1. The monoisotopic (exact) mass is 362 g/mol. The van der Waals surface area contributed by atoms with Crippen molar-refractivity contribution in [2.24, 2.45) is 0 Å². The summed E-state index contributed by atoms with van der Waals surface area (Å²) in [6, 6.07) is 8.14. The average Bonchev–Trinajstić information content (AvgIpc) is 2.52. The van der Waals surface area contributed by atoms with Crippen molar-refractivity contribution in [2.45, 2.75) is 12.5 Å². The third-order valence-electron chi connectivity index (χ3n) is 3.11. The van der Waals surface area contributed by atoms with Gasteiger partial charge in [0.1, 0.15) is 6.04 Å². The minimum Gasteiger partial charge on any atom is -0.467 e. The molecule has 1 aromatic carbocycles. The highest BCUT2D eigenvalue weighted by atomic mass is 79.9. The Labute approximate surface area is 136 Å². The maximum atomic E-state index is 12.5. The molecule has 0 fully saturated rings. The number of para-hydroxylation sites is 1. The predicted molar refractivity (Wildman–Crippen MR) is 87.7 cm³/mol. The number of amides is 1. The number of fused-ring (bicyclic) bond motifs is 1. The quantitative estimate of drug-likeness (QED) is 0.830. The summed E-state index contributed by atoms with van der Waals surface area (Å²) in [6.07, 6.45) is 1.81. The minimum absolute atomic E-state index is 0.251. The van der Waals surface area contributed by atoms with Gasteiger partial charge in [0.25, 0.3) is 5.91 Å². The summed E-state index contributed by atoms with van der Waals surface area (Å²) in [7, 11) is 1.28. The van der Waals surface area contributed by atoms with Crippen LogP contribution in [0.1, 0.15) is 16.8 Å². The van der Waals surface area contributed by atoms with Gasteiger partial charge in [-0.05, 0) is 16.6 Å². The van der Waals surface area contributed by atoms with Crippen LogP contribution in [0.15, 0.2) is 47.6 Å². The first-order chi connectivity index (χ1) is 10.5. The fourth-order valence-corrected chi connectivity index (χ4v) is 2.41. The zero-order valence-electron chi connectivity index (χ0n) is 12.0. The molecule has 0 unspecified atom stereocenters. The molecular weight excluding hydrogens is 348 g/mol. The zero-order valence-corrected chi connectivity index (χ0v) is 13.6. The molecular formula is C16H15BrN2O3. The number of methoxy groups -OCH3 is 1. The summed E-state index contributed by atoms with van der Waals surface area (Å²) in [5.74, 6) is -0.880. The second kappa shape index (κ2) is 7.17. The van der Waals surface area contributed by atoms with Crippen molar-refractivity contribution in [2.75, 3.05) is 7.11 Å². The van der Waals surface area contributed by atoms with E-state index in [4.69, 9.17) is 4.74 Å². The van der Waals surface area contributed by atoms with E-state index >= 15 is 0 Å². The highest BCUT2D eigenvalue weighted by Gasteiger charge is 2.23. The van der Waals surface area contributed by atoms with Gasteiger partial charge < -0.3 is 10.1 Å². The normalized spacial score (nSPS) is 11.7. The number of esters is 1. The molecule has 2 aromatic rings. The molecule has 0 radical (unpaired) electrons. The number of ether oxygens (including phenoxy) is 1. The standard InChI is InChI=1S/C16H15BrN2O3/c1-10(17)9-14(16(21)22-2)19-15(20)12-7-8-18-13-6-4-3-5-11(12)13/h3-8,14H,1,9H2,2H3,(H,19,20)/t14-/m1/s1. The molecule has 0 aliphatic rings. The number of carbonyl (C=O) groups is 2. The maximum Gasteiger partial charge on any atom is 0.328 e. The highest BCUT2D eigenvalue weighted by molar-refractivity contribution is 9.11. The summed E-state index contributed by atoms with van der Waals surface area (Å²) < 4.78 is 5.31. The van der Waals surface area contributed by atoms with Crippen molar-refractivity contribution >= 4 is 38.7 Å². The lowest BCUT2D eigenvalue weighted by atomic mass is 10.1. The minimum atomic E-state index is -0.795. The van der Waals surface area contributed by atoms with Gasteiger partial charge in [-0.25, -0.2) is 4.79 Å². The van der Waals surface area contributed by atoms with E-state index in [1.54, 1.807) is 12.3 Å². The molecule has 2 rings (SSSR count). The first kappa shape index (κ1) is 16.2. The first-order valence-corrected chi connectivity index (χ1v) is 7.38. The SMILES string of the molecule is C=C(Br)C[C@@H](NC(=O)c1ccnc2ccccc12)C(=O)OC. The molecule has 5 nitrogen and oxygen atoms in total. The molecule has 0 aliphatic carbocycles. The predicted octanol–water partition coefficient (Wildman–Crippen LogP) is 2.80. The molecule has 0 spiro atoms. The second-order valence-electron chi connectivity index (χ2n) is 4.65. The van der Waals surface area contributed by atoms with Gasteiger partial charge in [0, 0.05) is 18.0 Å². The molecule has 22 heavy (non-hydrogen) atoms. The lowest BCUT2D eigenvalue weighted by molar-refractivity contribution is -0.142. The van der Waals surface area contributed by atoms with Crippen molar-refractivity contribution in [1.82, 2.24) is 10.3 Å². The molecule has 1 heterocycles. The summed E-state index contributed by atoms with van der Waals surface area (Å²) >= 11 is 3.19. The van der Waals surface area contributed by atoms with Crippen LogP contribution >= 0.6 is 15.9 Å². The van der Waals surface area contributed by atoms with Crippen molar-refractivity contribution in [3.63, 3.8) is 0 Å². The largest absolute Gasteiger partial charge is 0.467 e. The first-order valence-electron chi connectivity index (χ1n) is 6.58. The van der Waals surface area contributed by atoms with Crippen LogP contribution in [-0.2, 0) is 9.53 Å². The van der Waals surface area contributed by atoms with Gasteiger partial charge in [-0.2, -0.15) is 0 Å². The third kappa shape index (κ3) is 3.71. The van der Waals surface area contributed by atoms with Crippen LogP contribution in [0.4, 0.5) is 0 Å². The number of carbonyl (C=O) groups excluding carboxylic acids is 2. The van der Waals surface area contributed by atoms with E-state index in [-0.39, 0.29) is 12.3 Å². The fourth-order valence-electron chi connectivity index (χ4n) is 2.09. The average molecular weight is 363 g/mol. The Bertz CT molecular complexity index is 725. The van der Waals surface area contributed by atoms with Crippen LogP contribution in [0.3, 0.4) is 0 Å². The van der Waals surface area contributed by atoms with Crippen LogP contribution in [0, 0.1) is 0 Å². The smallest absolute Gasteiger partial charge is 0.328 e. The summed E-state index contributed by atoms with van der Waals surface area (Å²) in [4.78, 5) is 28.5. The number of hydrogen-bond donors (Lipinski definition) is 1.